The quantitative estimate of drug-likeness (QED) is 0.863. The molecule has 0 aliphatic carbocycles. The van der Waals surface area contributed by atoms with Gasteiger partial charge in [0.05, 0.1) is 36.6 Å². The van der Waals surface area contributed by atoms with Crippen LogP contribution in [0.2, 0.25) is 0 Å². The summed E-state index contributed by atoms with van der Waals surface area (Å²) in [6.07, 6.45) is 0.197. The zero-order valence-corrected chi connectivity index (χ0v) is 10.6. The van der Waals surface area contributed by atoms with Crippen LogP contribution in [-0.4, -0.2) is 37.5 Å². The van der Waals surface area contributed by atoms with Crippen LogP contribution in [0.25, 0.3) is 0 Å². The Hall–Kier alpha value is -0.490. The van der Waals surface area contributed by atoms with Crippen LogP contribution >= 0.6 is 11.3 Å². The molecule has 1 aromatic rings. The second-order valence-corrected chi connectivity index (χ2v) is 5.23. The molecule has 16 heavy (non-hydrogen) atoms. The van der Waals surface area contributed by atoms with Gasteiger partial charge in [-0.05, 0) is 13.8 Å². The summed E-state index contributed by atoms with van der Waals surface area (Å²) >= 11 is 1.76. The van der Waals surface area contributed by atoms with Gasteiger partial charge in [-0.1, -0.05) is 0 Å². The molecule has 0 amide bonds. The maximum atomic E-state index is 5.55. The fourth-order valence-corrected chi connectivity index (χ4v) is 2.65. The molecular formula is C11H18N2O2S. The average Bonchev–Trinajstić information content (AvgIpc) is 2.59. The summed E-state index contributed by atoms with van der Waals surface area (Å²) in [5.41, 5.74) is 1.14. The van der Waals surface area contributed by atoms with Crippen LogP contribution in [0, 0.1) is 13.8 Å². The van der Waals surface area contributed by atoms with Crippen LogP contribution in [0.3, 0.4) is 0 Å². The first kappa shape index (κ1) is 12.0. The Kier molecular flexibility index (Phi) is 4.29. The van der Waals surface area contributed by atoms with Gasteiger partial charge in [0.25, 0.3) is 0 Å². The first-order valence-electron chi connectivity index (χ1n) is 5.58. The van der Waals surface area contributed by atoms with Crippen molar-refractivity contribution in [3.05, 3.63) is 15.6 Å². The Balaban J connectivity index is 1.73. The molecule has 5 heteroatoms. The minimum absolute atomic E-state index is 0.197. The number of ether oxygens (including phenoxy) is 2. The van der Waals surface area contributed by atoms with Crippen LogP contribution in [-0.2, 0) is 16.0 Å². The molecule has 0 spiro atoms. The lowest BCUT2D eigenvalue weighted by Gasteiger charge is -2.23. The molecular weight excluding hydrogens is 224 g/mol. The molecule has 1 aromatic heterocycles. The monoisotopic (exact) mass is 242 g/mol. The Morgan fingerprint density at radius 1 is 1.44 bits per heavy atom. The molecule has 0 radical (unpaired) electrons. The molecule has 1 N–H and O–H groups in total. The minimum Gasteiger partial charge on any atom is -0.376 e. The Morgan fingerprint density at radius 2 is 2.31 bits per heavy atom. The van der Waals surface area contributed by atoms with Gasteiger partial charge >= 0.3 is 0 Å². The summed E-state index contributed by atoms with van der Waals surface area (Å²) in [6, 6.07) is 0. The van der Waals surface area contributed by atoms with E-state index in [1.165, 1.54) is 4.88 Å². The number of thiazole rings is 1. The van der Waals surface area contributed by atoms with Gasteiger partial charge < -0.3 is 14.8 Å². The second-order valence-electron chi connectivity index (χ2n) is 3.94. The van der Waals surface area contributed by atoms with Crippen molar-refractivity contribution >= 4 is 11.3 Å². The van der Waals surface area contributed by atoms with Gasteiger partial charge in [-0.15, -0.1) is 11.3 Å². The summed E-state index contributed by atoms with van der Waals surface area (Å²) < 4.78 is 10.9. The smallest absolute Gasteiger partial charge is 0.0933 e. The largest absolute Gasteiger partial charge is 0.376 e. The molecule has 2 heterocycles. The molecule has 1 atom stereocenters. The number of aryl methyl sites for hydroxylation is 2. The number of hydrogen-bond acceptors (Lipinski definition) is 5. The number of nitrogens with zero attached hydrogens (tertiary/aromatic N) is 1. The van der Waals surface area contributed by atoms with Gasteiger partial charge in [-0.2, -0.15) is 0 Å². The molecule has 2 rings (SSSR count). The molecule has 1 fully saturated rings. The van der Waals surface area contributed by atoms with Crippen LogP contribution in [0.4, 0.5) is 0 Å². The van der Waals surface area contributed by atoms with Crippen molar-refractivity contribution in [3.63, 3.8) is 0 Å². The molecule has 4 nitrogen and oxygen atoms in total. The first-order valence-corrected chi connectivity index (χ1v) is 6.40. The van der Waals surface area contributed by atoms with Crippen molar-refractivity contribution < 1.29 is 9.47 Å². The third-order valence-corrected chi connectivity index (χ3v) is 3.61. The predicted octanol–water partition coefficient (Wildman–Crippen LogP) is 1.26. The zero-order valence-electron chi connectivity index (χ0n) is 9.78. The summed E-state index contributed by atoms with van der Waals surface area (Å²) in [5, 5.41) is 4.52. The van der Waals surface area contributed by atoms with Crippen LogP contribution in [0.1, 0.15) is 15.6 Å². The van der Waals surface area contributed by atoms with E-state index in [1.807, 2.05) is 6.92 Å². The Morgan fingerprint density at radius 3 is 2.94 bits per heavy atom. The van der Waals surface area contributed by atoms with Gasteiger partial charge in [-0.3, -0.25) is 0 Å². The van der Waals surface area contributed by atoms with Crippen LogP contribution in [0.15, 0.2) is 0 Å². The third-order valence-electron chi connectivity index (χ3n) is 2.54. The number of nitrogens with one attached hydrogen (secondary N) is 1. The maximum absolute atomic E-state index is 5.55. The van der Waals surface area contributed by atoms with Crippen LogP contribution in [0.5, 0.6) is 0 Å². The van der Waals surface area contributed by atoms with Crippen molar-refractivity contribution in [3.8, 4) is 0 Å². The van der Waals surface area contributed by atoms with E-state index < -0.39 is 0 Å². The second kappa shape index (κ2) is 5.72. The number of rotatable bonds is 4. The summed E-state index contributed by atoms with van der Waals surface area (Å²) in [4.78, 5) is 5.71. The van der Waals surface area contributed by atoms with E-state index in [1.54, 1.807) is 11.3 Å². The van der Waals surface area contributed by atoms with E-state index in [0.29, 0.717) is 13.2 Å². The average molecular weight is 242 g/mol. The molecule has 90 valence electrons. The molecule has 1 unspecified atom stereocenters. The van der Waals surface area contributed by atoms with Crippen molar-refractivity contribution in [1.29, 1.82) is 0 Å². The normalized spacial score (nSPS) is 21.2. The van der Waals surface area contributed by atoms with E-state index in [4.69, 9.17) is 9.47 Å². The fraction of sp³-hybridized carbons (Fsp3) is 0.727. The zero-order chi connectivity index (χ0) is 11.4. The molecule has 0 aromatic carbocycles. The lowest BCUT2D eigenvalue weighted by atomic mass is 10.3. The van der Waals surface area contributed by atoms with E-state index in [9.17, 15) is 0 Å². The first-order chi connectivity index (χ1) is 7.75. The van der Waals surface area contributed by atoms with Crippen molar-refractivity contribution in [2.45, 2.75) is 26.5 Å². The van der Waals surface area contributed by atoms with Gasteiger partial charge in [-0.25, -0.2) is 4.98 Å². The van der Waals surface area contributed by atoms with Crippen molar-refractivity contribution in [2.24, 2.45) is 0 Å². The standard InChI is InChI=1S/C11H18N2O2S/c1-8-11(16-9(2)13-8)6-12-5-10-7-14-3-4-15-10/h10,12H,3-7H2,1-2H3. The van der Waals surface area contributed by atoms with Gasteiger partial charge in [0.1, 0.15) is 0 Å². The van der Waals surface area contributed by atoms with Crippen molar-refractivity contribution in [1.82, 2.24) is 10.3 Å². The summed E-state index contributed by atoms with van der Waals surface area (Å²) in [5.74, 6) is 0. The number of hydrogen-bond donors (Lipinski definition) is 1. The molecule has 1 aliphatic rings. The van der Waals surface area contributed by atoms with Gasteiger partial charge in [0.15, 0.2) is 0 Å². The Bertz CT molecular complexity index is 335. The van der Waals surface area contributed by atoms with E-state index in [2.05, 4.69) is 17.2 Å². The highest BCUT2D eigenvalue weighted by Gasteiger charge is 2.13. The molecule has 0 bridgehead atoms. The fourth-order valence-electron chi connectivity index (χ4n) is 1.74. The highest BCUT2D eigenvalue weighted by atomic mass is 32.1. The Labute approximate surface area is 100.0 Å². The lowest BCUT2D eigenvalue weighted by Crippen LogP contribution is -2.37. The van der Waals surface area contributed by atoms with E-state index >= 15 is 0 Å². The van der Waals surface area contributed by atoms with Crippen LogP contribution < -0.4 is 5.32 Å². The van der Waals surface area contributed by atoms with Crippen molar-refractivity contribution in [2.75, 3.05) is 26.4 Å². The molecule has 0 saturated carbocycles. The summed E-state index contributed by atoms with van der Waals surface area (Å²) in [7, 11) is 0. The highest BCUT2D eigenvalue weighted by Crippen LogP contribution is 2.16. The minimum atomic E-state index is 0.197. The predicted molar refractivity (Wildman–Crippen MR) is 63.9 cm³/mol. The number of aromatic nitrogens is 1. The summed E-state index contributed by atoms with van der Waals surface area (Å²) in [6.45, 7) is 7.95. The highest BCUT2D eigenvalue weighted by molar-refractivity contribution is 7.11. The van der Waals surface area contributed by atoms with E-state index in [0.717, 1.165) is 30.4 Å². The molecule has 1 aliphatic heterocycles. The molecule has 1 saturated heterocycles. The van der Waals surface area contributed by atoms with Gasteiger partial charge in [0, 0.05) is 18.0 Å². The maximum Gasteiger partial charge on any atom is 0.0933 e. The van der Waals surface area contributed by atoms with E-state index in [-0.39, 0.29) is 6.10 Å². The third kappa shape index (κ3) is 3.25. The topological polar surface area (TPSA) is 43.4 Å². The van der Waals surface area contributed by atoms with Gasteiger partial charge in [0.2, 0.25) is 0 Å². The SMILES string of the molecule is Cc1nc(C)c(CNCC2COCCO2)s1. The lowest BCUT2D eigenvalue weighted by molar-refractivity contribution is -0.0864.